The molecular weight excluding hydrogens is 435 g/mol. The summed E-state index contributed by atoms with van der Waals surface area (Å²) < 4.78 is 24.6. The number of ketones is 1. The Morgan fingerprint density at radius 1 is 1.03 bits per heavy atom. The third-order valence-electron chi connectivity index (χ3n) is 4.90. The first-order chi connectivity index (χ1) is 13.7. The molecule has 3 rings (SSSR count). The fourth-order valence-electron chi connectivity index (χ4n) is 3.29. The highest BCUT2D eigenvalue weighted by molar-refractivity contribution is 7.88. The van der Waals surface area contributed by atoms with Gasteiger partial charge in [0.15, 0.2) is 5.78 Å². The second-order valence-electron chi connectivity index (χ2n) is 6.92. The van der Waals surface area contributed by atoms with Gasteiger partial charge in [-0.3, -0.25) is 9.59 Å². The predicted octanol–water partition coefficient (Wildman–Crippen LogP) is 3.83. The molecule has 1 saturated heterocycles. The molecule has 1 heterocycles. The lowest BCUT2D eigenvalue weighted by Crippen LogP contribution is -2.41. The Balaban J connectivity index is 1.79. The summed E-state index contributed by atoms with van der Waals surface area (Å²) in [6.07, 6.45) is 1.99. The van der Waals surface area contributed by atoms with Gasteiger partial charge in [0.1, 0.15) is 0 Å². The topological polar surface area (TPSA) is 83.6 Å². The molecule has 0 atom stereocenters. The Morgan fingerprint density at radius 2 is 1.69 bits per heavy atom. The fraction of sp³-hybridized carbons (Fsp3) is 0.300. The maximum atomic E-state index is 13.0. The highest BCUT2D eigenvalue weighted by atomic mass is 35.5. The van der Waals surface area contributed by atoms with Gasteiger partial charge in [0.05, 0.1) is 17.0 Å². The van der Waals surface area contributed by atoms with Gasteiger partial charge in [0.2, 0.25) is 15.9 Å². The molecule has 1 aliphatic rings. The van der Waals surface area contributed by atoms with E-state index in [2.05, 4.69) is 5.32 Å². The van der Waals surface area contributed by atoms with Crippen molar-refractivity contribution in [3.05, 3.63) is 63.6 Å². The van der Waals surface area contributed by atoms with Crippen LogP contribution in [0, 0.1) is 5.92 Å². The number of benzene rings is 2. The van der Waals surface area contributed by atoms with Gasteiger partial charge >= 0.3 is 0 Å². The van der Waals surface area contributed by atoms with Crippen LogP contribution in [0.3, 0.4) is 0 Å². The van der Waals surface area contributed by atoms with Gasteiger partial charge in [-0.1, -0.05) is 35.3 Å². The standard InChI is InChI=1S/C20H20Cl2N2O4S/c1-29(27,28)24-10-8-13(9-11-24)20(26)23-18-7-6-14(21)12-16(18)19(25)15-4-2-3-5-17(15)22/h2-7,12-13H,8-11H2,1H3,(H,23,26). The number of amides is 1. The summed E-state index contributed by atoms with van der Waals surface area (Å²) in [7, 11) is -3.26. The lowest BCUT2D eigenvalue weighted by Gasteiger charge is -2.29. The van der Waals surface area contributed by atoms with Crippen LogP contribution < -0.4 is 5.32 Å². The van der Waals surface area contributed by atoms with Crippen molar-refractivity contribution in [2.24, 2.45) is 5.92 Å². The van der Waals surface area contributed by atoms with Crippen molar-refractivity contribution in [3.8, 4) is 0 Å². The van der Waals surface area contributed by atoms with E-state index in [9.17, 15) is 18.0 Å². The predicted molar refractivity (Wildman–Crippen MR) is 114 cm³/mol. The molecule has 0 bridgehead atoms. The van der Waals surface area contributed by atoms with Gasteiger partial charge in [-0.15, -0.1) is 0 Å². The lowest BCUT2D eigenvalue weighted by molar-refractivity contribution is -0.120. The van der Waals surface area contributed by atoms with Crippen LogP contribution in [0.2, 0.25) is 10.0 Å². The Bertz CT molecular complexity index is 1050. The second-order valence-corrected chi connectivity index (χ2v) is 9.75. The third kappa shape index (κ3) is 5.17. The number of carbonyl (C=O) groups excluding carboxylic acids is 2. The lowest BCUT2D eigenvalue weighted by atomic mass is 9.96. The van der Waals surface area contributed by atoms with Crippen molar-refractivity contribution in [1.82, 2.24) is 4.31 Å². The van der Waals surface area contributed by atoms with Gasteiger partial charge in [-0.2, -0.15) is 0 Å². The maximum Gasteiger partial charge on any atom is 0.227 e. The minimum atomic E-state index is -3.26. The van der Waals surface area contributed by atoms with Crippen molar-refractivity contribution in [1.29, 1.82) is 0 Å². The van der Waals surface area contributed by atoms with Gasteiger partial charge in [-0.05, 0) is 43.2 Å². The van der Waals surface area contributed by atoms with E-state index >= 15 is 0 Å². The van der Waals surface area contributed by atoms with E-state index in [0.29, 0.717) is 47.2 Å². The summed E-state index contributed by atoms with van der Waals surface area (Å²) in [5, 5.41) is 3.47. The summed E-state index contributed by atoms with van der Waals surface area (Å²) in [5.41, 5.74) is 0.899. The van der Waals surface area contributed by atoms with Crippen LogP contribution in [0.25, 0.3) is 0 Å². The van der Waals surface area contributed by atoms with Crippen molar-refractivity contribution in [2.45, 2.75) is 12.8 Å². The second kappa shape index (κ2) is 8.83. The van der Waals surface area contributed by atoms with Crippen molar-refractivity contribution < 1.29 is 18.0 Å². The van der Waals surface area contributed by atoms with E-state index in [1.165, 1.54) is 10.4 Å². The number of halogens is 2. The minimum absolute atomic E-state index is 0.243. The molecule has 0 spiro atoms. The Kier molecular flexibility index (Phi) is 6.63. The van der Waals surface area contributed by atoms with Gasteiger partial charge in [-0.25, -0.2) is 12.7 Å². The van der Waals surface area contributed by atoms with Gasteiger partial charge < -0.3 is 5.32 Å². The molecule has 0 aliphatic carbocycles. The van der Waals surface area contributed by atoms with Crippen LogP contribution in [-0.2, 0) is 14.8 Å². The van der Waals surface area contributed by atoms with Crippen LogP contribution >= 0.6 is 23.2 Å². The molecule has 2 aromatic carbocycles. The van der Waals surface area contributed by atoms with Crippen LogP contribution in [0.5, 0.6) is 0 Å². The molecule has 0 aromatic heterocycles. The largest absolute Gasteiger partial charge is 0.325 e. The molecule has 29 heavy (non-hydrogen) atoms. The molecule has 0 unspecified atom stereocenters. The van der Waals surface area contributed by atoms with E-state index < -0.39 is 10.0 Å². The SMILES string of the molecule is CS(=O)(=O)N1CCC(C(=O)Nc2ccc(Cl)cc2C(=O)c2ccccc2Cl)CC1. The van der Waals surface area contributed by atoms with E-state index in [1.807, 2.05) is 0 Å². The zero-order valence-corrected chi connectivity index (χ0v) is 18.0. The number of piperidine rings is 1. The zero-order valence-electron chi connectivity index (χ0n) is 15.7. The average molecular weight is 455 g/mol. The van der Waals surface area contributed by atoms with Crippen LogP contribution in [0.1, 0.15) is 28.8 Å². The summed E-state index contributed by atoms with van der Waals surface area (Å²) in [4.78, 5) is 25.7. The average Bonchev–Trinajstić information content (AvgIpc) is 2.68. The Hall–Kier alpha value is -1.93. The monoisotopic (exact) mass is 454 g/mol. The molecule has 9 heteroatoms. The zero-order chi connectivity index (χ0) is 21.2. The van der Waals surface area contributed by atoms with Crippen molar-refractivity contribution in [3.63, 3.8) is 0 Å². The van der Waals surface area contributed by atoms with Gasteiger partial charge in [0, 0.05) is 35.2 Å². The molecule has 1 aliphatic heterocycles. The summed E-state index contributed by atoms with van der Waals surface area (Å²) in [6.45, 7) is 0.589. The Morgan fingerprint density at radius 3 is 2.31 bits per heavy atom. The molecule has 1 N–H and O–H groups in total. The van der Waals surface area contributed by atoms with E-state index in [-0.39, 0.29) is 23.2 Å². The molecule has 1 amide bonds. The summed E-state index contributed by atoms with van der Waals surface area (Å²) in [6, 6.07) is 11.3. The molecule has 0 saturated carbocycles. The first kappa shape index (κ1) is 21.8. The van der Waals surface area contributed by atoms with Crippen molar-refractivity contribution in [2.75, 3.05) is 24.7 Å². The number of hydrogen-bond acceptors (Lipinski definition) is 4. The minimum Gasteiger partial charge on any atom is -0.325 e. The molecule has 6 nitrogen and oxygen atoms in total. The quantitative estimate of drug-likeness (QED) is 0.695. The first-order valence-corrected chi connectivity index (χ1v) is 11.6. The highest BCUT2D eigenvalue weighted by Crippen LogP contribution is 2.28. The molecule has 154 valence electrons. The Labute approximate surface area is 179 Å². The maximum absolute atomic E-state index is 13.0. The number of hydrogen-bond donors (Lipinski definition) is 1. The summed E-state index contributed by atoms with van der Waals surface area (Å²) >= 11 is 12.2. The van der Waals surface area contributed by atoms with E-state index in [4.69, 9.17) is 23.2 Å². The van der Waals surface area contributed by atoms with Crippen LogP contribution in [0.15, 0.2) is 42.5 Å². The smallest absolute Gasteiger partial charge is 0.227 e. The first-order valence-electron chi connectivity index (χ1n) is 9.01. The van der Waals surface area contributed by atoms with Crippen LogP contribution in [0.4, 0.5) is 5.69 Å². The summed E-state index contributed by atoms with van der Waals surface area (Å²) in [5.74, 6) is -0.944. The third-order valence-corrected chi connectivity index (χ3v) is 6.76. The molecule has 0 radical (unpaired) electrons. The normalized spacial score (nSPS) is 15.8. The number of nitrogens with zero attached hydrogens (tertiary/aromatic N) is 1. The molecule has 1 fully saturated rings. The fourth-order valence-corrected chi connectivity index (χ4v) is 4.56. The highest BCUT2D eigenvalue weighted by Gasteiger charge is 2.29. The van der Waals surface area contributed by atoms with Gasteiger partial charge in [0.25, 0.3) is 0 Å². The molecule has 2 aromatic rings. The number of anilines is 1. The van der Waals surface area contributed by atoms with E-state index in [0.717, 1.165) is 6.26 Å². The number of sulfonamides is 1. The van der Waals surface area contributed by atoms with E-state index in [1.54, 1.807) is 36.4 Å². The number of rotatable bonds is 5. The molecular formula is C20H20Cl2N2O4S. The number of nitrogens with one attached hydrogen (secondary N) is 1. The van der Waals surface area contributed by atoms with Crippen molar-refractivity contribution >= 4 is 50.6 Å². The number of carbonyl (C=O) groups is 2. The van der Waals surface area contributed by atoms with Crippen LogP contribution in [-0.4, -0.2) is 43.8 Å².